The number of rotatable bonds is 3. The molecule has 1 aromatic rings. The Morgan fingerprint density at radius 1 is 1.26 bits per heavy atom. The molecule has 3 atom stereocenters. The van der Waals surface area contributed by atoms with Gasteiger partial charge in [-0.25, -0.2) is 0 Å². The fourth-order valence-corrected chi connectivity index (χ4v) is 3.09. The van der Waals surface area contributed by atoms with E-state index in [4.69, 9.17) is 9.15 Å². The molecule has 0 amide bonds. The third-order valence-corrected chi connectivity index (χ3v) is 4.42. The molecule has 0 unspecified atom stereocenters. The van der Waals surface area contributed by atoms with Gasteiger partial charge in [-0.15, -0.1) is 10.2 Å². The summed E-state index contributed by atoms with van der Waals surface area (Å²) in [5.74, 6) is 2.74. The zero-order valence-electron chi connectivity index (χ0n) is 12.1. The van der Waals surface area contributed by atoms with Gasteiger partial charge in [0.2, 0.25) is 11.8 Å². The van der Waals surface area contributed by atoms with Crippen molar-refractivity contribution in [1.82, 2.24) is 10.2 Å². The van der Waals surface area contributed by atoms with E-state index in [2.05, 4.69) is 44.0 Å². The van der Waals surface area contributed by atoms with E-state index in [-0.39, 0.29) is 5.41 Å². The van der Waals surface area contributed by atoms with Crippen molar-refractivity contribution in [2.75, 3.05) is 13.2 Å². The molecule has 2 heterocycles. The Balaban J connectivity index is 1.78. The Labute approximate surface area is 114 Å². The Morgan fingerprint density at radius 2 is 2.00 bits per heavy atom. The molecule has 3 rings (SSSR count). The second-order valence-corrected chi connectivity index (χ2v) is 6.61. The molecule has 2 fully saturated rings. The monoisotopic (exact) mass is 262 g/mol. The highest BCUT2D eigenvalue weighted by Crippen LogP contribution is 2.65. The lowest BCUT2D eigenvalue weighted by atomic mass is 10.1. The highest BCUT2D eigenvalue weighted by atomic mass is 16.5. The van der Waals surface area contributed by atoms with Gasteiger partial charge in [0.15, 0.2) is 0 Å². The maximum Gasteiger partial charge on any atom is 0.222 e. The Hall–Kier alpha value is -1.16. The fraction of sp³-hybridized carbons (Fsp3) is 0.733. The number of ether oxygens (including phenoxy) is 1. The zero-order chi connectivity index (χ0) is 13.6. The van der Waals surface area contributed by atoms with Gasteiger partial charge in [-0.1, -0.05) is 25.5 Å². The summed E-state index contributed by atoms with van der Waals surface area (Å²) in [6.45, 7) is 10.3. The molecule has 1 aromatic heterocycles. The molecule has 1 saturated carbocycles. The van der Waals surface area contributed by atoms with E-state index in [0.717, 1.165) is 24.8 Å². The summed E-state index contributed by atoms with van der Waals surface area (Å²) in [5, 5.41) is 8.50. The van der Waals surface area contributed by atoms with Gasteiger partial charge in [0, 0.05) is 12.5 Å². The molecule has 104 valence electrons. The molecule has 0 radical (unpaired) electrons. The van der Waals surface area contributed by atoms with Crippen LogP contribution in [0.15, 0.2) is 16.1 Å². The van der Waals surface area contributed by atoms with Crippen LogP contribution in [0.4, 0.5) is 0 Å². The van der Waals surface area contributed by atoms with E-state index >= 15 is 0 Å². The van der Waals surface area contributed by atoms with Gasteiger partial charge < -0.3 is 9.15 Å². The maximum absolute atomic E-state index is 5.91. The lowest BCUT2D eigenvalue weighted by Gasteiger charge is -1.99. The summed E-state index contributed by atoms with van der Waals surface area (Å²) in [6.07, 6.45) is 3.32. The molecule has 1 saturated heterocycles. The van der Waals surface area contributed by atoms with Gasteiger partial charge in [-0.3, -0.25) is 0 Å². The van der Waals surface area contributed by atoms with Crippen LogP contribution >= 0.6 is 0 Å². The first-order valence-corrected chi connectivity index (χ1v) is 7.06. The molecule has 19 heavy (non-hydrogen) atoms. The van der Waals surface area contributed by atoms with Crippen LogP contribution in [-0.2, 0) is 4.74 Å². The van der Waals surface area contributed by atoms with Crippen molar-refractivity contribution >= 4 is 0 Å². The molecule has 2 aliphatic rings. The highest BCUT2D eigenvalue weighted by molar-refractivity contribution is 5.26. The summed E-state index contributed by atoms with van der Waals surface area (Å²) in [6, 6.07) is 0. The lowest BCUT2D eigenvalue weighted by Crippen LogP contribution is -1.97. The van der Waals surface area contributed by atoms with Crippen LogP contribution in [0.2, 0.25) is 0 Å². The fourth-order valence-electron chi connectivity index (χ4n) is 3.09. The van der Waals surface area contributed by atoms with Crippen LogP contribution in [0.3, 0.4) is 0 Å². The highest BCUT2D eigenvalue weighted by Gasteiger charge is 2.60. The average molecular weight is 262 g/mol. The normalized spacial score (nSPS) is 32.3. The first-order chi connectivity index (χ1) is 9.00. The molecule has 4 nitrogen and oxygen atoms in total. The minimum atomic E-state index is 0.229. The van der Waals surface area contributed by atoms with E-state index in [0.29, 0.717) is 24.4 Å². The van der Waals surface area contributed by atoms with Gasteiger partial charge in [0.05, 0.1) is 12.5 Å². The van der Waals surface area contributed by atoms with E-state index < -0.39 is 0 Å². The maximum atomic E-state index is 5.91. The van der Waals surface area contributed by atoms with Crippen molar-refractivity contribution in [2.45, 2.75) is 46.0 Å². The molecule has 1 aliphatic heterocycles. The van der Waals surface area contributed by atoms with E-state index in [1.165, 1.54) is 5.57 Å². The molecule has 0 bridgehead atoms. The number of nitrogens with zero attached hydrogens (tertiary/aromatic N) is 2. The molecule has 1 aliphatic carbocycles. The molecule has 4 heteroatoms. The van der Waals surface area contributed by atoms with Crippen molar-refractivity contribution in [3.05, 3.63) is 23.4 Å². The number of aromatic nitrogens is 2. The Bertz CT molecular complexity index is 494. The largest absolute Gasteiger partial charge is 0.425 e. The minimum absolute atomic E-state index is 0.229. The van der Waals surface area contributed by atoms with Crippen LogP contribution in [0.5, 0.6) is 0 Å². The second-order valence-electron chi connectivity index (χ2n) is 6.61. The van der Waals surface area contributed by atoms with Crippen molar-refractivity contribution in [1.29, 1.82) is 0 Å². The Kier molecular flexibility index (Phi) is 3.01. The Morgan fingerprint density at radius 3 is 2.63 bits per heavy atom. The van der Waals surface area contributed by atoms with Crippen LogP contribution in [-0.4, -0.2) is 23.4 Å². The minimum Gasteiger partial charge on any atom is -0.425 e. The van der Waals surface area contributed by atoms with Gasteiger partial charge in [-0.2, -0.15) is 0 Å². The quantitative estimate of drug-likeness (QED) is 0.784. The average Bonchev–Trinajstić information content (AvgIpc) is 2.84. The molecule has 0 spiro atoms. The molecule has 0 N–H and O–H groups in total. The van der Waals surface area contributed by atoms with Crippen molar-refractivity contribution in [3.63, 3.8) is 0 Å². The van der Waals surface area contributed by atoms with Gasteiger partial charge in [0.1, 0.15) is 0 Å². The van der Waals surface area contributed by atoms with E-state index in [9.17, 15) is 0 Å². The van der Waals surface area contributed by atoms with Crippen molar-refractivity contribution < 1.29 is 9.15 Å². The topological polar surface area (TPSA) is 48.2 Å². The first kappa shape index (κ1) is 12.9. The second kappa shape index (κ2) is 4.44. The smallest absolute Gasteiger partial charge is 0.222 e. The predicted molar refractivity (Wildman–Crippen MR) is 71.9 cm³/mol. The summed E-state index contributed by atoms with van der Waals surface area (Å²) < 4.78 is 11.3. The summed E-state index contributed by atoms with van der Waals surface area (Å²) >= 11 is 0. The lowest BCUT2D eigenvalue weighted by molar-refractivity contribution is 0.190. The summed E-state index contributed by atoms with van der Waals surface area (Å²) in [4.78, 5) is 0. The predicted octanol–water partition coefficient (Wildman–Crippen LogP) is 3.28. The van der Waals surface area contributed by atoms with Crippen LogP contribution in [0, 0.1) is 11.3 Å². The van der Waals surface area contributed by atoms with Gasteiger partial charge >= 0.3 is 0 Å². The van der Waals surface area contributed by atoms with Crippen LogP contribution in [0.25, 0.3) is 0 Å². The SMILES string of the molecule is CC(C)=C[C@@H]1[C@H](c2nnc([C@@H]3CCOC3)o2)C1(C)C. The van der Waals surface area contributed by atoms with Gasteiger partial charge in [-0.05, 0) is 31.6 Å². The van der Waals surface area contributed by atoms with E-state index in [1.54, 1.807) is 0 Å². The molecular formula is C15H22N2O2. The van der Waals surface area contributed by atoms with Crippen LogP contribution < -0.4 is 0 Å². The van der Waals surface area contributed by atoms with Crippen LogP contribution in [0.1, 0.15) is 57.7 Å². The van der Waals surface area contributed by atoms with Crippen molar-refractivity contribution in [3.8, 4) is 0 Å². The summed E-state index contributed by atoms with van der Waals surface area (Å²) in [5.41, 5.74) is 1.58. The number of hydrogen-bond donors (Lipinski definition) is 0. The molecular weight excluding hydrogens is 240 g/mol. The summed E-state index contributed by atoms with van der Waals surface area (Å²) in [7, 11) is 0. The number of hydrogen-bond acceptors (Lipinski definition) is 4. The van der Waals surface area contributed by atoms with Gasteiger partial charge in [0.25, 0.3) is 0 Å². The van der Waals surface area contributed by atoms with Crippen molar-refractivity contribution in [2.24, 2.45) is 11.3 Å². The number of allylic oxidation sites excluding steroid dienone is 2. The third-order valence-electron chi connectivity index (χ3n) is 4.42. The third kappa shape index (κ3) is 2.22. The molecule has 0 aromatic carbocycles. The first-order valence-electron chi connectivity index (χ1n) is 7.06. The standard InChI is InChI=1S/C15H22N2O2/c1-9(2)7-11-12(15(11,3)4)14-17-16-13(19-14)10-5-6-18-8-10/h7,10-12H,5-6,8H2,1-4H3/t10-,11-,12-/m1/s1. The van der Waals surface area contributed by atoms with E-state index in [1.807, 2.05) is 0 Å². The zero-order valence-corrected chi connectivity index (χ0v) is 12.1.